The van der Waals surface area contributed by atoms with Gasteiger partial charge in [0.2, 0.25) is 0 Å². The first-order valence-corrected chi connectivity index (χ1v) is 7.08. The molecule has 2 aliphatic heterocycles. The van der Waals surface area contributed by atoms with Crippen molar-refractivity contribution < 1.29 is 9.13 Å². The smallest absolute Gasteiger partial charge is 0.127 e. The molecule has 2 aliphatic rings. The molecule has 1 aromatic carbocycles. The summed E-state index contributed by atoms with van der Waals surface area (Å²) in [6.07, 6.45) is 2.79. The van der Waals surface area contributed by atoms with Crippen molar-refractivity contribution in [2.75, 3.05) is 19.6 Å². The molecule has 0 amide bonds. The van der Waals surface area contributed by atoms with E-state index in [1.54, 1.807) is 6.07 Å². The molecule has 1 spiro atoms. The Morgan fingerprint density at radius 3 is 2.84 bits per heavy atom. The number of nitrogens with zero attached hydrogens (tertiary/aromatic N) is 1. The van der Waals surface area contributed by atoms with Crippen LogP contribution in [0.3, 0.4) is 0 Å². The molecule has 1 fully saturated rings. The molecule has 0 aliphatic carbocycles. The fourth-order valence-electron chi connectivity index (χ4n) is 3.27. The van der Waals surface area contributed by atoms with Gasteiger partial charge in [-0.05, 0) is 25.5 Å². The molecule has 2 heterocycles. The highest BCUT2D eigenvalue weighted by molar-refractivity contribution is 5.39. The van der Waals surface area contributed by atoms with Crippen LogP contribution in [0.25, 0.3) is 0 Å². The normalized spacial score (nSPS) is 25.9. The molecule has 1 atom stereocenters. The van der Waals surface area contributed by atoms with Crippen molar-refractivity contribution in [2.24, 2.45) is 5.73 Å². The van der Waals surface area contributed by atoms with Crippen molar-refractivity contribution in [1.82, 2.24) is 4.90 Å². The highest BCUT2D eigenvalue weighted by Crippen LogP contribution is 2.43. The van der Waals surface area contributed by atoms with E-state index in [0.29, 0.717) is 5.75 Å². The summed E-state index contributed by atoms with van der Waals surface area (Å²) >= 11 is 0. The Bertz CT molecular complexity index is 469. The highest BCUT2D eigenvalue weighted by atomic mass is 19.1. The lowest BCUT2D eigenvalue weighted by Gasteiger charge is -2.46. The largest absolute Gasteiger partial charge is 0.487 e. The highest BCUT2D eigenvalue weighted by Gasteiger charge is 2.42. The molecular formula is C15H21FN2O. The molecule has 2 N–H and O–H groups in total. The zero-order chi connectivity index (χ0) is 13.5. The third-order valence-corrected chi connectivity index (χ3v) is 4.51. The van der Waals surface area contributed by atoms with Gasteiger partial charge in [0.05, 0.1) is 0 Å². The number of hydrogen-bond acceptors (Lipinski definition) is 3. The van der Waals surface area contributed by atoms with Gasteiger partial charge in [0, 0.05) is 37.2 Å². The molecule has 19 heavy (non-hydrogen) atoms. The summed E-state index contributed by atoms with van der Waals surface area (Å²) < 4.78 is 19.5. The number of hydrogen-bond donors (Lipinski definition) is 1. The summed E-state index contributed by atoms with van der Waals surface area (Å²) in [7, 11) is 0. The van der Waals surface area contributed by atoms with Crippen molar-refractivity contribution in [1.29, 1.82) is 0 Å². The van der Waals surface area contributed by atoms with Crippen LogP contribution in [0, 0.1) is 5.82 Å². The minimum atomic E-state index is -0.256. The molecular weight excluding hydrogens is 243 g/mol. The van der Waals surface area contributed by atoms with Crippen LogP contribution >= 0.6 is 0 Å². The van der Waals surface area contributed by atoms with E-state index in [0.717, 1.165) is 44.5 Å². The predicted molar refractivity (Wildman–Crippen MR) is 72.7 cm³/mol. The number of likely N-dealkylation sites (tertiary alicyclic amines) is 1. The average molecular weight is 264 g/mol. The maximum atomic E-state index is 13.4. The molecule has 1 unspecified atom stereocenters. The first-order valence-electron chi connectivity index (χ1n) is 7.08. The Hall–Kier alpha value is -1.13. The first kappa shape index (κ1) is 12.9. The molecule has 0 saturated carbocycles. The van der Waals surface area contributed by atoms with Crippen molar-refractivity contribution in [3.8, 4) is 5.75 Å². The van der Waals surface area contributed by atoms with Crippen LogP contribution < -0.4 is 10.5 Å². The summed E-state index contributed by atoms with van der Waals surface area (Å²) in [6, 6.07) is 4.64. The van der Waals surface area contributed by atoms with Gasteiger partial charge in [0.1, 0.15) is 17.2 Å². The van der Waals surface area contributed by atoms with Gasteiger partial charge in [-0.3, -0.25) is 0 Å². The third-order valence-electron chi connectivity index (χ3n) is 4.51. The minimum absolute atomic E-state index is 0.0440. The van der Waals surface area contributed by atoms with Crippen molar-refractivity contribution >= 4 is 0 Å². The number of rotatable bonds is 1. The summed E-state index contributed by atoms with van der Waals surface area (Å²) in [5.74, 6) is 0.387. The summed E-state index contributed by atoms with van der Waals surface area (Å²) in [5.41, 5.74) is 7.00. The average Bonchev–Trinajstić information content (AvgIpc) is 2.39. The molecule has 4 heteroatoms. The van der Waals surface area contributed by atoms with E-state index in [9.17, 15) is 4.39 Å². The van der Waals surface area contributed by atoms with Gasteiger partial charge >= 0.3 is 0 Å². The van der Waals surface area contributed by atoms with E-state index in [4.69, 9.17) is 10.5 Å². The quantitative estimate of drug-likeness (QED) is 0.847. The summed E-state index contributed by atoms with van der Waals surface area (Å²) in [5, 5.41) is 0. The number of nitrogens with two attached hydrogens (primary N) is 1. The second kappa shape index (κ2) is 4.76. The molecule has 0 bridgehead atoms. The van der Waals surface area contributed by atoms with Crippen molar-refractivity contribution in [2.45, 2.75) is 37.8 Å². The lowest BCUT2D eigenvalue weighted by Crippen LogP contribution is -2.51. The molecule has 0 radical (unpaired) electrons. The molecule has 104 valence electrons. The van der Waals surface area contributed by atoms with Crippen LogP contribution in [-0.4, -0.2) is 30.1 Å². The SMILES string of the molecule is CCN1CCC2(CC1)CC(N)c1ccc(F)cc1O2. The van der Waals surface area contributed by atoms with E-state index >= 15 is 0 Å². The van der Waals surface area contributed by atoms with Crippen LogP contribution in [0.5, 0.6) is 5.75 Å². The van der Waals surface area contributed by atoms with Gasteiger partial charge in [0.25, 0.3) is 0 Å². The maximum Gasteiger partial charge on any atom is 0.127 e. The first-order chi connectivity index (χ1) is 9.12. The van der Waals surface area contributed by atoms with Gasteiger partial charge in [-0.25, -0.2) is 4.39 Å². The van der Waals surface area contributed by atoms with E-state index < -0.39 is 0 Å². The van der Waals surface area contributed by atoms with E-state index in [2.05, 4.69) is 11.8 Å². The second-order valence-electron chi connectivity index (χ2n) is 5.71. The number of ether oxygens (including phenoxy) is 1. The van der Waals surface area contributed by atoms with Gasteiger partial charge in [0.15, 0.2) is 0 Å². The topological polar surface area (TPSA) is 38.5 Å². The lowest BCUT2D eigenvalue weighted by molar-refractivity contribution is -0.0207. The third kappa shape index (κ3) is 2.35. The van der Waals surface area contributed by atoms with Crippen LogP contribution in [-0.2, 0) is 0 Å². The molecule has 1 saturated heterocycles. The van der Waals surface area contributed by atoms with Gasteiger partial charge < -0.3 is 15.4 Å². The molecule has 1 aromatic rings. The predicted octanol–water partition coefficient (Wildman–Crippen LogP) is 2.46. The molecule has 3 rings (SSSR count). The Labute approximate surface area is 113 Å². The van der Waals surface area contributed by atoms with Gasteiger partial charge in [-0.2, -0.15) is 0 Å². The van der Waals surface area contributed by atoms with E-state index in [-0.39, 0.29) is 17.5 Å². The van der Waals surface area contributed by atoms with Crippen LogP contribution in [0.2, 0.25) is 0 Å². The Morgan fingerprint density at radius 2 is 2.16 bits per heavy atom. The number of fused-ring (bicyclic) bond motifs is 1. The number of benzene rings is 1. The van der Waals surface area contributed by atoms with Crippen molar-refractivity contribution in [3.63, 3.8) is 0 Å². The van der Waals surface area contributed by atoms with E-state index in [1.807, 2.05) is 0 Å². The number of piperidine rings is 1. The van der Waals surface area contributed by atoms with Gasteiger partial charge in [-0.1, -0.05) is 13.0 Å². The van der Waals surface area contributed by atoms with Crippen LogP contribution in [0.1, 0.15) is 37.8 Å². The van der Waals surface area contributed by atoms with E-state index in [1.165, 1.54) is 12.1 Å². The monoisotopic (exact) mass is 264 g/mol. The fourth-order valence-corrected chi connectivity index (χ4v) is 3.27. The zero-order valence-electron chi connectivity index (χ0n) is 11.4. The second-order valence-corrected chi connectivity index (χ2v) is 5.71. The summed E-state index contributed by atoms with van der Waals surface area (Å²) in [4.78, 5) is 2.42. The molecule has 0 aromatic heterocycles. The Balaban J connectivity index is 1.84. The Morgan fingerprint density at radius 1 is 1.42 bits per heavy atom. The molecule has 3 nitrogen and oxygen atoms in total. The van der Waals surface area contributed by atoms with Gasteiger partial charge in [-0.15, -0.1) is 0 Å². The van der Waals surface area contributed by atoms with Crippen LogP contribution in [0.15, 0.2) is 18.2 Å². The van der Waals surface area contributed by atoms with Crippen molar-refractivity contribution in [3.05, 3.63) is 29.6 Å². The lowest BCUT2D eigenvalue weighted by atomic mass is 9.81. The zero-order valence-corrected chi connectivity index (χ0v) is 11.4. The minimum Gasteiger partial charge on any atom is -0.487 e. The Kier molecular flexibility index (Phi) is 3.23. The number of halogens is 1. The van der Waals surface area contributed by atoms with Crippen LogP contribution in [0.4, 0.5) is 4.39 Å². The maximum absolute atomic E-state index is 13.4. The summed E-state index contributed by atoms with van der Waals surface area (Å²) in [6.45, 7) is 5.32. The standard InChI is InChI=1S/C15H21FN2O/c1-2-18-7-5-15(6-8-18)10-13(17)12-4-3-11(16)9-14(12)19-15/h3-4,9,13H,2,5-8,10,17H2,1H3. The fraction of sp³-hybridized carbons (Fsp3) is 0.600.